The van der Waals surface area contributed by atoms with E-state index in [9.17, 15) is 63.9 Å². The Morgan fingerprint density at radius 1 is 0.574 bits per heavy atom. The number of hydrogen-bond acceptors (Lipinski definition) is 13. The minimum atomic E-state index is -1.80. The summed E-state index contributed by atoms with van der Waals surface area (Å²) in [5, 5.41) is 66.8. The number of carboxylic acids is 1. The van der Waals surface area contributed by atoms with Crippen LogP contribution < -0.4 is 43.0 Å². The number of aliphatic hydroxyl groups is 3. The molecule has 10 atom stereocenters. The lowest BCUT2D eigenvalue weighted by Gasteiger charge is -2.29. The summed E-state index contributed by atoms with van der Waals surface area (Å²) in [5.74, 6) is -8.55. The van der Waals surface area contributed by atoms with E-state index < -0.39 is 121 Å². The van der Waals surface area contributed by atoms with Gasteiger partial charge in [0, 0.05) is 12.8 Å². The van der Waals surface area contributed by atoms with Crippen LogP contribution in [0, 0.1) is 5.92 Å². The van der Waals surface area contributed by atoms with Gasteiger partial charge >= 0.3 is 5.97 Å². The molecule has 0 fully saturated rings. The number of nitrogens with two attached hydrogens (primary N) is 1. The maximum absolute atomic E-state index is 13.8. The van der Waals surface area contributed by atoms with Crippen molar-refractivity contribution >= 4 is 47.3 Å². The molecule has 2 rings (SSSR count). The molecule has 14 N–H and O–H groups in total. The lowest BCUT2D eigenvalue weighted by molar-refractivity contribution is -0.142. The Balaban J connectivity index is 2.33. The Hall–Kier alpha value is -6.16. The number of phenolic OH excluding ortho intramolecular Hbond substituents is 1. The number of aliphatic hydroxyl groups excluding tert-OH is 3. The number of phenols is 1. The maximum atomic E-state index is 13.8. The Bertz CT molecular complexity index is 1810. The highest BCUT2D eigenvalue weighted by Gasteiger charge is 2.36. The van der Waals surface area contributed by atoms with Crippen LogP contribution in [-0.4, -0.2) is 141 Å². The summed E-state index contributed by atoms with van der Waals surface area (Å²) >= 11 is 0. The fourth-order valence-electron chi connectivity index (χ4n) is 5.74. The minimum Gasteiger partial charge on any atom is -0.508 e. The summed E-state index contributed by atoms with van der Waals surface area (Å²) < 4.78 is 0. The smallest absolute Gasteiger partial charge is 0.325 e. The normalized spacial score (nSPS) is 16.0. The zero-order valence-corrected chi connectivity index (χ0v) is 34.6. The second kappa shape index (κ2) is 24.8. The first-order chi connectivity index (χ1) is 28.7. The zero-order chi connectivity index (χ0) is 46.0. The van der Waals surface area contributed by atoms with Crippen molar-refractivity contribution in [3.05, 3.63) is 65.7 Å². The van der Waals surface area contributed by atoms with Crippen molar-refractivity contribution in [1.82, 2.24) is 37.2 Å². The van der Waals surface area contributed by atoms with E-state index in [1.807, 2.05) is 0 Å². The number of carboxylic acid groups (broad SMARTS) is 1. The third-order valence-corrected chi connectivity index (χ3v) is 9.59. The third kappa shape index (κ3) is 16.4. The standard InChI is InChI=1S/C40H58N8O13/c1-6-20(2)31(46-30(53)18-41)37(57)48-33(23(5)51)39(59)44-28(16-24-10-8-7-9-11-24)35(55)45-29(19-49)36(56)47-32(22(4)50)38(58)43-27(34(54)42-21(3)40(60)61)17-25-12-14-26(52)15-13-25/h7-15,20-23,27-29,31-33,49-52H,6,16-19,41H2,1-5H3,(H,42,54)(H,43,58)(H,44,59)(H,45,55)(H,46,53)(H,47,56)(H,48,57)(H,60,61)/t20-,21-,22+,23+,27-,28-,29-,31-,32-,33-/m0/s1. The minimum absolute atomic E-state index is 0.0840. The lowest BCUT2D eigenvalue weighted by Crippen LogP contribution is -2.63. The van der Waals surface area contributed by atoms with Crippen LogP contribution in [0.3, 0.4) is 0 Å². The molecule has 7 amide bonds. The number of hydrogen-bond donors (Lipinski definition) is 13. The first-order valence-corrected chi connectivity index (χ1v) is 19.6. The average Bonchev–Trinajstić information content (AvgIpc) is 3.22. The van der Waals surface area contributed by atoms with E-state index in [0.29, 0.717) is 17.5 Å². The van der Waals surface area contributed by atoms with Gasteiger partial charge in [0.25, 0.3) is 0 Å². The van der Waals surface area contributed by atoms with Gasteiger partial charge in [0.15, 0.2) is 0 Å². The molecule has 0 saturated carbocycles. The highest BCUT2D eigenvalue weighted by Crippen LogP contribution is 2.13. The summed E-state index contributed by atoms with van der Waals surface area (Å²) in [5.41, 5.74) is 6.37. The predicted molar refractivity (Wildman–Crippen MR) is 218 cm³/mol. The van der Waals surface area contributed by atoms with Crippen LogP contribution in [-0.2, 0) is 51.2 Å². The largest absolute Gasteiger partial charge is 0.508 e. The topological polar surface area (TPSA) is 348 Å². The molecule has 21 heteroatoms. The van der Waals surface area contributed by atoms with Crippen molar-refractivity contribution in [2.45, 2.75) is 108 Å². The highest BCUT2D eigenvalue weighted by molar-refractivity contribution is 5.98. The van der Waals surface area contributed by atoms with Crippen molar-refractivity contribution in [1.29, 1.82) is 0 Å². The molecule has 336 valence electrons. The number of rotatable bonds is 24. The fraction of sp³-hybridized carbons (Fsp3) is 0.500. The number of carbonyl (C=O) groups excluding carboxylic acids is 7. The summed E-state index contributed by atoms with van der Waals surface area (Å²) in [7, 11) is 0. The number of carbonyl (C=O) groups is 8. The third-order valence-electron chi connectivity index (χ3n) is 9.59. The molecule has 61 heavy (non-hydrogen) atoms. The Kier molecular flexibility index (Phi) is 20.7. The van der Waals surface area contributed by atoms with Crippen LogP contribution in [0.5, 0.6) is 5.75 Å². The molecule has 0 unspecified atom stereocenters. The predicted octanol–water partition coefficient (Wildman–Crippen LogP) is -3.57. The first kappa shape index (κ1) is 51.0. The number of nitrogens with one attached hydrogen (secondary N) is 7. The van der Waals surface area contributed by atoms with Gasteiger partial charge in [-0.3, -0.25) is 38.4 Å². The van der Waals surface area contributed by atoms with Crippen LogP contribution in [0.1, 0.15) is 52.2 Å². The Labute approximate surface area is 352 Å². The van der Waals surface area contributed by atoms with E-state index in [2.05, 4.69) is 37.2 Å². The van der Waals surface area contributed by atoms with Gasteiger partial charge in [-0.2, -0.15) is 0 Å². The molecule has 0 aliphatic heterocycles. The van der Waals surface area contributed by atoms with Gasteiger partial charge in [0.1, 0.15) is 48.0 Å². The van der Waals surface area contributed by atoms with E-state index in [1.54, 1.807) is 44.2 Å². The fourth-order valence-corrected chi connectivity index (χ4v) is 5.74. The molecule has 0 spiro atoms. The molecule has 0 radical (unpaired) electrons. The molecule has 0 heterocycles. The second-order valence-electron chi connectivity index (χ2n) is 14.6. The van der Waals surface area contributed by atoms with E-state index in [1.165, 1.54) is 38.1 Å². The number of benzene rings is 2. The molecule has 0 aromatic heterocycles. The number of aromatic hydroxyl groups is 1. The number of amides is 7. The molecule has 0 aliphatic carbocycles. The van der Waals surface area contributed by atoms with Crippen molar-refractivity contribution in [2.75, 3.05) is 13.2 Å². The van der Waals surface area contributed by atoms with Gasteiger partial charge < -0.3 is 68.5 Å². The average molecular weight is 859 g/mol. The Morgan fingerprint density at radius 3 is 1.44 bits per heavy atom. The molecular weight excluding hydrogens is 800 g/mol. The molecule has 0 aliphatic rings. The maximum Gasteiger partial charge on any atom is 0.325 e. The van der Waals surface area contributed by atoms with Gasteiger partial charge in [0.2, 0.25) is 41.4 Å². The van der Waals surface area contributed by atoms with Crippen LogP contribution >= 0.6 is 0 Å². The Morgan fingerprint density at radius 2 is 1.00 bits per heavy atom. The summed E-state index contributed by atoms with van der Waals surface area (Å²) in [6.07, 6.45) is -3.10. The summed E-state index contributed by atoms with van der Waals surface area (Å²) in [6.45, 7) is 5.54. The second-order valence-corrected chi connectivity index (χ2v) is 14.6. The molecule has 2 aromatic rings. The van der Waals surface area contributed by atoms with Crippen LogP contribution in [0.2, 0.25) is 0 Å². The van der Waals surface area contributed by atoms with Gasteiger partial charge in [-0.15, -0.1) is 0 Å². The van der Waals surface area contributed by atoms with Crippen molar-refractivity contribution < 1.29 is 63.9 Å². The van der Waals surface area contributed by atoms with E-state index >= 15 is 0 Å². The molecule has 21 nitrogen and oxygen atoms in total. The molecule has 2 aromatic carbocycles. The molecule has 0 bridgehead atoms. The number of aliphatic carboxylic acids is 1. The molecule has 0 saturated heterocycles. The van der Waals surface area contributed by atoms with Crippen LogP contribution in [0.15, 0.2) is 54.6 Å². The summed E-state index contributed by atoms with van der Waals surface area (Å²) in [6, 6.07) is 3.17. The van der Waals surface area contributed by atoms with Gasteiger partial charge in [0.05, 0.1) is 25.4 Å². The molecular formula is C40H58N8O13. The van der Waals surface area contributed by atoms with E-state index in [-0.39, 0.29) is 18.6 Å². The van der Waals surface area contributed by atoms with Crippen molar-refractivity contribution in [3.8, 4) is 5.75 Å². The quantitative estimate of drug-likeness (QED) is 0.0486. The monoisotopic (exact) mass is 858 g/mol. The van der Waals surface area contributed by atoms with Crippen LogP contribution in [0.4, 0.5) is 0 Å². The zero-order valence-electron chi connectivity index (χ0n) is 34.6. The highest BCUT2D eigenvalue weighted by atomic mass is 16.4. The van der Waals surface area contributed by atoms with E-state index in [4.69, 9.17) is 5.73 Å². The lowest BCUT2D eigenvalue weighted by atomic mass is 9.97. The van der Waals surface area contributed by atoms with Gasteiger partial charge in [-0.25, -0.2) is 0 Å². The van der Waals surface area contributed by atoms with E-state index in [0.717, 1.165) is 6.92 Å². The van der Waals surface area contributed by atoms with Gasteiger partial charge in [-0.05, 0) is 49.9 Å². The summed E-state index contributed by atoms with van der Waals surface area (Å²) in [4.78, 5) is 104. The SMILES string of the molecule is CC[C@H](C)[C@H](NC(=O)CN)C(=O)N[C@H](C(=O)N[C@@H](Cc1ccccc1)C(=O)N[C@@H](CO)C(=O)N[C@H](C(=O)N[C@@H](Cc1ccc(O)cc1)C(=O)N[C@@H](C)C(=O)O)[C@@H](C)O)[C@@H](C)O. The van der Waals surface area contributed by atoms with Crippen molar-refractivity contribution in [2.24, 2.45) is 11.7 Å². The van der Waals surface area contributed by atoms with Gasteiger partial charge in [-0.1, -0.05) is 62.7 Å². The van der Waals surface area contributed by atoms with Crippen LogP contribution in [0.25, 0.3) is 0 Å². The van der Waals surface area contributed by atoms with Crippen molar-refractivity contribution in [3.63, 3.8) is 0 Å². The first-order valence-electron chi connectivity index (χ1n) is 19.6.